The van der Waals surface area contributed by atoms with Gasteiger partial charge >= 0.3 is 0 Å². The van der Waals surface area contributed by atoms with Crippen LogP contribution in [0.4, 0.5) is 0 Å². The van der Waals surface area contributed by atoms with Crippen molar-refractivity contribution in [1.82, 2.24) is 5.32 Å². The predicted molar refractivity (Wildman–Crippen MR) is 93.3 cm³/mol. The Morgan fingerprint density at radius 2 is 1.68 bits per heavy atom. The molecule has 0 saturated heterocycles. The number of para-hydroxylation sites is 1. The SMILES string of the molecule is COc1ccccc1C(=O)C(=O)NCc1ccc(-c2ccccc2)o1. The molecule has 0 unspecified atom stereocenters. The van der Waals surface area contributed by atoms with Gasteiger partial charge in [-0.1, -0.05) is 42.5 Å². The van der Waals surface area contributed by atoms with Crippen molar-refractivity contribution < 1.29 is 18.7 Å². The minimum Gasteiger partial charge on any atom is -0.496 e. The maximum absolute atomic E-state index is 12.2. The van der Waals surface area contributed by atoms with Gasteiger partial charge in [0.15, 0.2) is 0 Å². The van der Waals surface area contributed by atoms with Crippen LogP contribution in [0.2, 0.25) is 0 Å². The van der Waals surface area contributed by atoms with Crippen molar-refractivity contribution in [1.29, 1.82) is 0 Å². The minimum absolute atomic E-state index is 0.132. The summed E-state index contributed by atoms with van der Waals surface area (Å²) in [6.45, 7) is 0.132. The summed E-state index contributed by atoms with van der Waals surface area (Å²) in [5.41, 5.74) is 1.18. The van der Waals surface area contributed by atoms with Gasteiger partial charge in [-0.2, -0.15) is 0 Å². The Kier molecular flexibility index (Phi) is 4.95. The highest BCUT2D eigenvalue weighted by Gasteiger charge is 2.20. The van der Waals surface area contributed by atoms with Crippen molar-refractivity contribution in [3.8, 4) is 17.1 Å². The summed E-state index contributed by atoms with van der Waals surface area (Å²) in [7, 11) is 1.46. The van der Waals surface area contributed by atoms with E-state index in [-0.39, 0.29) is 12.1 Å². The molecule has 1 amide bonds. The predicted octanol–water partition coefficient (Wildman–Crippen LogP) is 3.45. The number of benzene rings is 2. The highest BCUT2D eigenvalue weighted by atomic mass is 16.5. The molecular formula is C20H17NO4. The van der Waals surface area contributed by atoms with Gasteiger partial charge in [-0.25, -0.2) is 0 Å². The number of hydrogen-bond acceptors (Lipinski definition) is 4. The van der Waals surface area contributed by atoms with Gasteiger partial charge in [0.1, 0.15) is 17.3 Å². The van der Waals surface area contributed by atoms with Crippen molar-refractivity contribution in [2.45, 2.75) is 6.54 Å². The van der Waals surface area contributed by atoms with Gasteiger partial charge < -0.3 is 14.5 Å². The number of nitrogens with one attached hydrogen (secondary N) is 1. The number of carbonyl (C=O) groups excluding carboxylic acids is 2. The van der Waals surface area contributed by atoms with Crippen LogP contribution in [0.25, 0.3) is 11.3 Å². The van der Waals surface area contributed by atoms with Gasteiger partial charge in [-0.3, -0.25) is 9.59 Å². The Labute approximate surface area is 145 Å². The molecule has 0 aliphatic rings. The maximum atomic E-state index is 12.2. The van der Waals surface area contributed by atoms with Crippen LogP contribution < -0.4 is 10.1 Å². The fraction of sp³-hybridized carbons (Fsp3) is 0.100. The van der Waals surface area contributed by atoms with E-state index in [1.807, 2.05) is 36.4 Å². The topological polar surface area (TPSA) is 68.5 Å². The number of ketones is 1. The van der Waals surface area contributed by atoms with Crippen LogP contribution in [0, 0.1) is 0 Å². The lowest BCUT2D eigenvalue weighted by Crippen LogP contribution is -2.30. The Morgan fingerprint density at radius 1 is 0.960 bits per heavy atom. The van der Waals surface area contributed by atoms with Crippen LogP contribution in [-0.4, -0.2) is 18.8 Å². The summed E-state index contributed by atoms with van der Waals surface area (Å²) in [5, 5.41) is 2.58. The van der Waals surface area contributed by atoms with Gasteiger partial charge in [0, 0.05) is 5.56 Å². The van der Waals surface area contributed by atoms with Crippen molar-refractivity contribution in [3.05, 3.63) is 78.1 Å². The van der Waals surface area contributed by atoms with E-state index in [9.17, 15) is 9.59 Å². The third-order valence-electron chi connectivity index (χ3n) is 3.70. The van der Waals surface area contributed by atoms with Crippen molar-refractivity contribution >= 4 is 11.7 Å². The highest BCUT2D eigenvalue weighted by Crippen LogP contribution is 2.22. The second-order valence-corrected chi connectivity index (χ2v) is 5.34. The molecule has 25 heavy (non-hydrogen) atoms. The van der Waals surface area contributed by atoms with Crippen LogP contribution >= 0.6 is 0 Å². The Hall–Kier alpha value is -3.34. The standard InChI is InChI=1S/C20H17NO4/c1-24-18-10-6-5-9-16(18)19(22)20(23)21-13-15-11-12-17(25-15)14-7-3-2-4-8-14/h2-12H,13H2,1H3,(H,21,23). The molecule has 3 rings (SSSR count). The van der Waals surface area contributed by atoms with E-state index >= 15 is 0 Å². The number of rotatable bonds is 6. The molecule has 5 nitrogen and oxygen atoms in total. The van der Waals surface area contributed by atoms with E-state index in [4.69, 9.17) is 9.15 Å². The van der Waals surface area contributed by atoms with Gasteiger partial charge in [-0.15, -0.1) is 0 Å². The third kappa shape index (κ3) is 3.77. The monoisotopic (exact) mass is 335 g/mol. The molecule has 0 atom stereocenters. The van der Waals surface area contributed by atoms with E-state index in [1.165, 1.54) is 7.11 Å². The van der Waals surface area contributed by atoms with Crippen molar-refractivity contribution in [2.24, 2.45) is 0 Å². The zero-order chi connectivity index (χ0) is 17.6. The first kappa shape index (κ1) is 16.5. The fourth-order valence-corrected chi connectivity index (χ4v) is 2.43. The molecule has 0 saturated carbocycles. The molecule has 0 fully saturated rings. The number of furan rings is 1. The second kappa shape index (κ2) is 7.49. The molecule has 1 heterocycles. The Bertz CT molecular complexity index is 883. The Balaban J connectivity index is 1.65. The van der Waals surface area contributed by atoms with E-state index in [1.54, 1.807) is 30.3 Å². The summed E-state index contributed by atoms with van der Waals surface area (Å²) < 4.78 is 10.8. The van der Waals surface area contributed by atoms with E-state index in [0.29, 0.717) is 17.3 Å². The van der Waals surface area contributed by atoms with Crippen LogP contribution in [0.1, 0.15) is 16.1 Å². The molecule has 2 aromatic carbocycles. The lowest BCUT2D eigenvalue weighted by Gasteiger charge is -2.07. The summed E-state index contributed by atoms with van der Waals surface area (Å²) in [4.78, 5) is 24.4. The molecule has 1 aromatic heterocycles. The summed E-state index contributed by atoms with van der Waals surface area (Å²) in [5.74, 6) is 0.294. The van der Waals surface area contributed by atoms with E-state index < -0.39 is 11.7 Å². The normalized spacial score (nSPS) is 10.3. The van der Waals surface area contributed by atoms with Gasteiger partial charge in [0.05, 0.1) is 19.2 Å². The molecule has 0 bridgehead atoms. The lowest BCUT2D eigenvalue weighted by molar-refractivity contribution is -0.117. The summed E-state index contributed by atoms with van der Waals surface area (Å²) in [6.07, 6.45) is 0. The van der Waals surface area contributed by atoms with E-state index in [2.05, 4.69) is 5.32 Å². The summed E-state index contributed by atoms with van der Waals surface area (Å²) in [6, 6.07) is 19.9. The second-order valence-electron chi connectivity index (χ2n) is 5.34. The molecule has 1 N–H and O–H groups in total. The van der Waals surface area contributed by atoms with Crippen LogP contribution in [0.15, 0.2) is 71.1 Å². The van der Waals surface area contributed by atoms with Crippen molar-refractivity contribution in [2.75, 3.05) is 7.11 Å². The van der Waals surface area contributed by atoms with Crippen LogP contribution in [0.3, 0.4) is 0 Å². The smallest absolute Gasteiger partial charge is 0.292 e. The highest BCUT2D eigenvalue weighted by molar-refractivity contribution is 6.43. The number of methoxy groups -OCH3 is 1. The van der Waals surface area contributed by atoms with E-state index in [0.717, 1.165) is 5.56 Å². The molecular weight excluding hydrogens is 318 g/mol. The quantitative estimate of drug-likeness (QED) is 0.553. The fourth-order valence-electron chi connectivity index (χ4n) is 2.43. The number of ether oxygens (including phenoxy) is 1. The lowest BCUT2D eigenvalue weighted by atomic mass is 10.1. The zero-order valence-corrected chi connectivity index (χ0v) is 13.7. The van der Waals surface area contributed by atoms with Gasteiger partial charge in [-0.05, 0) is 24.3 Å². The molecule has 0 aliphatic heterocycles. The average Bonchev–Trinajstić information content (AvgIpc) is 3.15. The first-order valence-corrected chi connectivity index (χ1v) is 7.78. The maximum Gasteiger partial charge on any atom is 0.292 e. The summed E-state index contributed by atoms with van der Waals surface area (Å²) >= 11 is 0. The van der Waals surface area contributed by atoms with Crippen molar-refractivity contribution in [3.63, 3.8) is 0 Å². The van der Waals surface area contributed by atoms with Gasteiger partial charge in [0.25, 0.3) is 11.7 Å². The first-order valence-electron chi connectivity index (χ1n) is 7.78. The largest absolute Gasteiger partial charge is 0.496 e. The zero-order valence-electron chi connectivity index (χ0n) is 13.7. The average molecular weight is 335 g/mol. The molecule has 3 aromatic rings. The van der Waals surface area contributed by atoms with Crippen LogP contribution in [0.5, 0.6) is 5.75 Å². The molecule has 5 heteroatoms. The number of carbonyl (C=O) groups is 2. The molecule has 0 radical (unpaired) electrons. The minimum atomic E-state index is -0.706. The first-order chi connectivity index (χ1) is 12.2. The Morgan fingerprint density at radius 3 is 2.44 bits per heavy atom. The third-order valence-corrected chi connectivity index (χ3v) is 3.70. The number of hydrogen-bond donors (Lipinski definition) is 1. The van der Waals surface area contributed by atoms with Crippen LogP contribution in [-0.2, 0) is 11.3 Å². The molecule has 0 aliphatic carbocycles. The van der Waals surface area contributed by atoms with Gasteiger partial charge in [0.2, 0.25) is 0 Å². The molecule has 126 valence electrons. The number of amides is 1. The number of Topliss-reactive ketones (excluding diaryl/α,β-unsaturated/α-hetero) is 1. The molecule has 0 spiro atoms.